The molecule has 1 fully saturated rings. The van der Waals surface area contributed by atoms with Crippen LogP contribution in [-0.4, -0.2) is 40.4 Å². The zero-order valence-electron chi connectivity index (χ0n) is 16.4. The molecular formula is C21H29N3O2. The minimum absolute atomic E-state index is 0.0230. The molecule has 1 aliphatic heterocycles. The molecule has 2 amide bonds. The zero-order chi connectivity index (χ0) is 19.0. The first kappa shape index (κ1) is 18.5. The standard InChI is InChI=1S/C21H29N3O2/c1-13(2)22-20(25)17-7-6-10-24(12-17)21(26)16-8-9-19-18(11-16)14(3)15(4)23(19)5/h8-9,11,13,17H,6-7,10,12H2,1-5H3,(H,22,25)/t17-/m1/s1. The summed E-state index contributed by atoms with van der Waals surface area (Å²) in [6.07, 6.45) is 1.71. The Hall–Kier alpha value is -2.30. The molecule has 3 rings (SSSR count). The van der Waals surface area contributed by atoms with Crippen LogP contribution in [0.25, 0.3) is 10.9 Å². The van der Waals surface area contributed by atoms with E-state index in [-0.39, 0.29) is 23.8 Å². The van der Waals surface area contributed by atoms with E-state index in [1.165, 1.54) is 11.3 Å². The number of nitrogens with one attached hydrogen (secondary N) is 1. The van der Waals surface area contributed by atoms with Crippen LogP contribution in [0.3, 0.4) is 0 Å². The Morgan fingerprint density at radius 1 is 1.23 bits per heavy atom. The van der Waals surface area contributed by atoms with Gasteiger partial charge < -0.3 is 14.8 Å². The lowest BCUT2D eigenvalue weighted by Crippen LogP contribution is -2.46. The number of likely N-dealkylation sites (tertiary alicyclic amines) is 1. The number of carbonyl (C=O) groups excluding carboxylic acids is 2. The third-order valence-corrected chi connectivity index (χ3v) is 5.57. The summed E-state index contributed by atoms with van der Waals surface area (Å²) in [6, 6.07) is 6.05. The molecule has 1 N–H and O–H groups in total. The molecule has 1 aliphatic rings. The van der Waals surface area contributed by atoms with Gasteiger partial charge in [-0.25, -0.2) is 0 Å². The molecule has 1 aromatic carbocycles. The number of hydrogen-bond acceptors (Lipinski definition) is 2. The molecule has 0 aliphatic carbocycles. The van der Waals surface area contributed by atoms with Gasteiger partial charge in [0.1, 0.15) is 0 Å². The van der Waals surface area contributed by atoms with E-state index in [0.717, 1.165) is 30.3 Å². The van der Waals surface area contributed by atoms with E-state index < -0.39 is 0 Å². The number of nitrogens with zero attached hydrogens (tertiary/aromatic N) is 2. The van der Waals surface area contributed by atoms with Gasteiger partial charge in [0.25, 0.3) is 5.91 Å². The summed E-state index contributed by atoms with van der Waals surface area (Å²) >= 11 is 0. The molecule has 5 nitrogen and oxygen atoms in total. The van der Waals surface area contributed by atoms with Crippen LogP contribution >= 0.6 is 0 Å². The average molecular weight is 355 g/mol. The highest BCUT2D eigenvalue weighted by atomic mass is 16.2. The normalized spacial score (nSPS) is 17.8. The smallest absolute Gasteiger partial charge is 0.253 e. The molecule has 140 valence electrons. The topological polar surface area (TPSA) is 54.3 Å². The van der Waals surface area contributed by atoms with Crippen molar-refractivity contribution >= 4 is 22.7 Å². The Balaban J connectivity index is 1.81. The van der Waals surface area contributed by atoms with Crippen LogP contribution in [0, 0.1) is 19.8 Å². The first-order valence-electron chi connectivity index (χ1n) is 9.45. The van der Waals surface area contributed by atoms with Crippen molar-refractivity contribution in [2.24, 2.45) is 13.0 Å². The maximum Gasteiger partial charge on any atom is 0.253 e. The minimum Gasteiger partial charge on any atom is -0.354 e. The third kappa shape index (κ3) is 3.35. The number of benzene rings is 1. The van der Waals surface area contributed by atoms with Crippen LogP contribution in [0.1, 0.15) is 48.3 Å². The predicted molar refractivity (Wildman–Crippen MR) is 104 cm³/mol. The van der Waals surface area contributed by atoms with Gasteiger partial charge in [-0.2, -0.15) is 0 Å². The van der Waals surface area contributed by atoms with Gasteiger partial charge in [-0.1, -0.05) is 0 Å². The van der Waals surface area contributed by atoms with Gasteiger partial charge in [-0.3, -0.25) is 9.59 Å². The molecule has 0 bridgehead atoms. The Morgan fingerprint density at radius 2 is 1.96 bits per heavy atom. The predicted octanol–water partition coefficient (Wildman–Crippen LogP) is 3.17. The molecule has 5 heteroatoms. The van der Waals surface area contributed by atoms with E-state index in [1.54, 1.807) is 0 Å². The molecule has 1 aromatic heterocycles. The number of carbonyl (C=O) groups is 2. The van der Waals surface area contributed by atoms with Gasteiger partial charge in [0.2, 0.25) is 5.91 Å². The molecule has 0 saturated carbocycles. The van der Waals surface area contributed by atoms with Crippen LogP contribution in [0.2, 0.25) is 0 Å². The van der Waals surface area contributed by atoms with E-state index in [4.69, 9.17) is 0 Å². The summed E-state index contributed by atoms with van der Waals surface area (Å²) in [5.41, 5.74) is 4.28. The van der Waals surface area contributed by atoms with E-state index in [2.05, 4.69) is 30.8 Å². The van der Waals surface area contributed by atoms with Crippen LogP contribution in [0.4, 0.5) is 0 Å². The van der Waals surface area contributed by atoms with Crippen molar-refractivity contribution in [2.75, 3.05) is 13.1 Å². The first-order valence-corrected chi connectivity index (χ1v) is 9.45. The molecular weight excluding hydrogens is 326 g/mol. The molecule has 2 aromatic rings. The number of amides is 2. The van der Waals surface area contributed by atoms with E-state index in [0.29, 0.717) is 12.1 Å². The number of hydrogen-bond donors (Lipinski definition) is 1. The van der Waals surface area contributed by atoms with Crippen molar-refractivity contribution in [3.63, 3.8) is 0 Å². The monoisotopic (exact) mass is 355 g/mol. The van der Waals surface area contributed by atoms with Gasteiger partial charge in [-0.15, -0.1) is 0 Å². The second-order valence-electron chi connectivity index (χ2n) is 7.75. The maximum absolute atomic E-state index is 13.0. The average Bonchev–Trinajstić information content (AvgIpc) is 2.84. The number of rotatable bonds is 3. The van der Waals surface area contributed by atoms with Crippen molar-refractivity contribution in [1.29, 1.82) is 0 Å². The number of piperidine rings is 1. The van der Waals surface area contributed by atoms with Gasteiger partial charge in [-0.05, 0) is 64.3 Å². The third-order valence-electron chi connectivity index (χ3n) is 5.57. The highest BCUT2D eigenvalue weighted by Gasteiger charge is 2.29. The summed E-state index contributed by atoms with van der Waals surface area (Å²) in [4.78, 5) is 27.2. The fourth-order valence-electron chi connectivity index (χ4n) is 3.85. The largest absolute Gasteiger partial charge is 0.354 e. The van der Waals surface area contributed by atoms with E-state index in [1.807, 2.05) is 36.9 Å². The molecule has 0 unspecified atom stereocenters. The van der Waals surface area contributed by atoms with Crippen molar-refractivity contribution in [1.82, 2.24) is 14.8 Å². The first-order chi connectivity index (χ1) is 12.3. The van der Waals surface area contributed by atoms with Crippen LogP contribution < -0.4 is 5.32 Å². The quantitative estimate of drug-likeness (QED) is 0.919. The highest BCUT2D eigenvalue weighted by Crippen LogP contribution is 2.26. The number of aromatic nitrogens is 1. The zero-order valence-corrected chi connectivity index (χ0v) is 16.4. The molecule has 0 radical (unpaired) electrons. The van der Waals surface area contributed by atoms with Gasteiger partial charge in [0.15, 0.2) is 0 Å². The highest BCUT2D eigenvalue weighted by molar-refractivity contribution is 5.99. The second-order valence-corrected chi connectivity index (χ2v) is 7.75. The van der Waals surface area contributed by atoms with Crippen molar-refractivity contribution in [3.05, 3.63) is 35.0 Å². The van der Waals surface area contributed by atoms with Crippen molar-refractivity contribution in [2.45, 2.75) is 46.6 Å². The summed E-state index contributed by atoms with van der Waals surface area (Å²) in [7, 11) is 2.05. The van der Waals surface area contributed by atoms with Crippen LogP contribution in [0.5, 0.6) is 0 Å². The Kier molecular flexibility index (Phi) is 5.08. The molecule has 26 heavy (non-hydrogen) atoms. The minimum atomic E-state index is -0.112. The lowest BCUT2D eigenvalue weighted by molar-refractivity contribution is -0.126. The SMILES string of the molecule is Cc1c(C)n(C)c2ccc(C(=O)N3CCC[C@@H](C(=O)NC(C)C)C3)cc12. The van der Waals surface area contributed by atoms with Gasteiger partial charge in [0.05, 0.1) is 5.92 Å². The van der Waals surface area contributed by atoms with E-state index in [9.17, 15) is 9.59 Å². The van der Waals surface area contributed by atoms with Crippen molar-refractivity contribution in [3.8, 4) is 0 Å². The lowest BCUT2D eigenvalue weighted by Gasteiger charge is -2.32. The maximum atomic E-state index is 13.0. The number of fused-ring (bicyclic) bond motifs is 1. The Labute approximate surface area is 155 Å². The van der Waals surface area contributed by atoms with E-state index >= 15 is 0 Å². The molecule has 2 heterocycles. The Morgan fingerprint density at radius 3 is 2.65 bits per heavy atom. The summed E-state index contributed by atoms with van der Waals surface area (Å²) < 4.78 is 2.16. The summed E-state index contributed by atoms with van der Waals surface area (Å²) in [5, 5.41) is 4.10. The van der Waals surface area contributed by atoms with Gasteiger partial charge in [0, 0.05) is 48.3 Å². The molecule has 1 saturated heterocycles. The Bertz CT molecular complexity index is 851. The lowest BCUT2D eigenvalue weighted by atomic mass is 9.96. The summed E-state index contributed by atoms with van der Waals surface area (Å²) in [5.74, 6) is -0.0307. The second kappa shape index (κ2) is 7.14. The van der Waals surface area contributed by atoms with Crippen LogP contribution in [0.15, 0.2) is 18.2 Å². The molecule has 1 atom stereocenters. The fourth-order valence-corrected chi connectivity index (χ4v) is 3.85. The van der Waals surface area contributed by atoms with Gasteiger partial charge >= 0.3 is 0 Å². The molecule has 0 spiro atoms. The fraction of sp³-hybridized carbons (Fsp3) is 0.524. The summed E-state index contributed by atoms with van der Waals surface area (Å²) in [6.45, 7) is 9.34. The van der Waals surface area contributed by atoms with Crippen LogP contribution in [-0.2, 0) is 11.8 Å². The number of aryl methyl sites for hydroxylation is 2. The van der Waals surface area contributed by atoms with Crippen molar-refractivity contribution < 1.29 is 9.59 Å².